The molecule has 1 N–H and O–H groups in total. The Morgan fingerprint density at radius 1 is 1.14 bits per heavy atom. The monoisotopic (exact) mass is 395 g/mol. The van der Waals surface area contributed by atoms with E-state index in [-0.39, 0.29) is 18.2 Å². The highest BCUT2D eigenvalue weighted by atomic mass is 32.2. The predicted molar refractivity (Wildman–Crippen MR) is 116 cm³/mol. The number of nitrogens with one attached hydrogen (secondary N) is 1. The van der Waals surface area contributed by atoms with Gasteiger partial charge in [0.2, 0.25) is 11.8 Å². The minimum Gasteiger partial charge on any atom is -0.326 e. The number of nitrogens with zero attached hydrogens (tertiary/aromatic N) is 2. The van der Waals surface area contributed by atoms with E-state index < -0.39 is 5.25 Å². The Labute approximate surface area is 170 Å². The molecule has 6 heteroatoms. The van der Waals surface area contributed by atoms with Crippen molar-refractivity contribution in [1.82, 2.24) is 4.90 Å². The van der Waals surface area contributed by atoms with Crippen LogP contribution in [0.4, 0.5) is 11.4 Å². The molecule has 146 valence electrons. The van der Waals surface area contributed by atoms with Crippen LogP contribution >= 0.6 is 11.8 Å². The number of rotatable bonds is 5. The second kappa shape index (κ2) is 8.61. The molecule has 1 heterocycles. The van der Waals surface area contributed by atoms with Gasteiger partial charge < -0.3 is 5.32 Å². The van der Waals surface area contributed by atoms with Crippen LogP contribution in [0.3, 0.4) is 0 Å². The van der Waals surface area contributed by atoms with Gasteiger partial charge in [0.1, 0.15) is 5.25 Å². The molecule has 1 aliphatic heterocycles. The summed E-state index contributed by atoms with van der Waals surface area (Å²) in [6, 6.07) is 15.6. The van der Waals surface area contributed by atoms with E-state index in [9.17, 15) is 9.59 Å². The van der Waals surface area contributed by atoms with Crippen LogP contribution in [0.25, 0.3) is 0 Å². The van der Waals surface area contributed by atoms with Gasteiger partial charge in [-0.1, -0.05) is 55.4 Å². The lowest BCUT2D eigenvalue weighted by atomic mass is 10.0. The predicted octanol–water partition coefficient (Wildman–Crippen LogP) is 4.71. The number of aryl methyl sites for hydroxylation is 1. The lowest BCUT2D eigenvalue weighted by Crippen LogP contribution is -2.30. The number of anilines is 1. The van der Waals surface area contributed by atoms with Crippen molar-refractivity contribution >= 4 is 40.1 Å². The Morgan fingerprint density at radius 3 is 2.39 bits per heavy atom. The fourth-order valence-corrected chi connectivity index (χ4v) is 4.01. The number of thioether (sulfide) groups is 1. The minimum absolute atomic E-state index is 0.0957. The Hall–Kier alpha value is -2.60. The molecular formula is C22H25N3O2S. The fraction of sp³-hybridized carbons (Fsp3) is 0.318. The van der Waals surface area contributed by atoms with Crippen LogP contribution in [0.1, 0.15) is 37.3 Å². The first-order valence-corrected chi connectivity index (χ1v) is 10.2. The van der Waals surface area contributed by atoms with E-state index in [1.165, 1.54) is 22.2 Å². The number of aliphatic imine (C=N–C) groups is 1. The first-order chi connectivity index (χ1) is 13.3. The van der Waals surface area contributed by atoms with E-state index in [1.807, 2.05) is 43.3 Å². The van der Waals surface area contributed by atoms with Gasteiger partial charge in [0.15, 0.2) is 5.17 Å². The molecule has 1 atom stereocenters. The molecule has 0 spiro atoms. The first-order valence-electron chi connectivity index (χ1n) is 9.33. The Morgan fingerprint density at radius 2 is 1.79 bits per heavy atom. The third-order valence-electron chi connectivity index (χ3n) is 4.63. The van der Waals surface area contributed by atoms with Crippen molar-refractivity contribution in [3.8, 4) is 0 Å². The quantitative estimate of drug-likeness (QED) is 0.798. The highest BCUT2D eigenvalue weighted by molar-refractivity contribution is 8.15. The van der Waals surface area contributed by atoms with E-state index >= 15 is 0 Å². The first kappa shape index (κ1) is 20.1. The lowest BCUT2D eigenvalue weighted by molar-refractivity contribution is -0.127. The molecule has 0 aromatic heterocycles. The molecule has 3 rings (SSSR count). The average molecular weight is 396 g/mol. The smallest absolute Gasteiger partial charge is 0.242 e. The number of hydrogen-bond acceptors (Lipinski definition) is 4. The van der Waals surface area contributed by atoms with E-state index in [0.717, 1.165) is 16.9 Å². The van der Waals surface area contributed by atoms with Gasteiger partial charge in [-0.25, -0.2) is 4.99 Å². The molecule has 0 unspecified atom stereocenters. The minimum atomic E-state index is -0.455. The zero-order valence-electron chi connectivity index (χ0n) is 16.6. The fourth-order valence-electron chi connectivity index (χ4n) is 2.86. The molecular weight excluding hydrogens is 370 g/mol. The molecule has 0 radical (unpaired) electrons. The Balaban J connectivity index is 1.65. The number of amidine groups is 1. The molecule has 28 heavy (non-hydrogen) atoms. The molecule has 2 amide bonds. The van der Waals surface area contributed by atoms with E-state index in [4.69, 9.17) is 0 Å². The van der Waals surface area contributed by atoms with E-state index in [1.54, 1.807) is 7.05 Å². The maximum absolute atomic E-state index is 12.5. The van der Waals surface area contributed by atoms with E-state index in [0.29, 0.717) is 11.1 Å². The van der Waals surface area contributed by atoms with Crippen LogP contribution in [-0.2, 0) is 9.59 Å². The number of carbonyl (C=O) groups excluding carboxylic acids is 2. The highest BCUT2D eigenvalue weighted by Gasteiger charge is 2.37. The van der Waals surface area contributed by atoms with Crippen molar-refractivity contribution in [3.63, 3.8) is 0 Å². The summed E-state index contributed by atoms with van der Waals surface area (Å²) in [7, 11) is 1.70. The van der Waals surface area contributed by atoms with Gasteiger partial charge in [-0.05, 0) is 42.7 Å². The van der Waals surface area contributed by atoms with Gasteiger partial charge >= 0.3 is 0 Å². The van der Waals surface area contributed by atoms with Crippen LogP contribution < -0.4 is 5.32 Å². The third kappa shape index (κ3) is 4.81. The normalized spacial score (nSPS) is 18.2. The SMILES string of the molecule is Cc1ccc(NC(=O)C[C@@H]2SC(=Nc3ccc(C(C)C)cc3)N(C)C2=O)cc1. The molecule has 0 bridgehead atoms. The lowest BCUT2D eigenvalue weighted by Gasteiger charge is -2.10. The summed E-state index contributed by atoms with van der Waals surface area (Å²) in [5.41, 5.74) is 3.91. The van der Waals surface area contributed by atoms with Gasteiger partial charge in [0, 0.05) is 19.2 Å². The summed E-state index contributed by atoms with van der Waals surface area (Å²) in [6.07, 6.45) is 0.118. The molecule has 0 aliphatic carbocycles. The molecule has 1 aliphatic rings. The summed E-state index contributed by atoms with van der Waals surface area (Å²) in [5.74, 6) is 0.190. The summed E-state index contributed by atoms with van der Waals surface area (Å²) < 4.78 is 0. The van der Waals surface area contributed by atoms with Crippen molar-refractivity contribution in [1.29, 1.82) is 0 Å². The third-order valence-corrected chi connectivity index (χ3v) is 5.86. The average Bonchev–Trinajstić information content (AvgIpc) is 2.92. The zero-order valence-corrected chi connectivity index (χ0v) is 17.4. The highest BCUT2D eigenvalue weighted by Crippen LogP contribution is 2.31. The Bertz CT molecular complexity index is 889. The van der Waals surface area contributed by atoms with Crippen molar-refractivity contribution < 1.29 is 9.59 Å². The number of carbonyl (C=O) groups is 2. The second-order valence-corrected chi connectivity index (χ2v) is 8.43. The van der Waals surface area contributed by atoms with Gasteiger partial charge in [0.25, 0.3) is 0 Å². The summed E-state index contributed by atoms with van der Waals surface area (Å²) in [6.45, 7) is 6.28. The second-order valence-electron chi connectivity index (χ2n) is 7.26. The van der Waals surface area contributed by atoms with Crippen molar-refractivity contribution in [2.75, 3.05) is 12.4 Å². The largest absolute Gasteiger partial charge is 0.326 e. The zero-order chi connectivity index (χ0) is 20.3. The summed E-state index contributed by atoms with van der Waals surface area (Å²) >= 11 is 1.34. The number of hydrogen-bond donors (Lipinski definition) is 1. The van der Waals surface area contributed by atoms with Crippen LogP contribution in [-0.4, -0.2) is 34.2 Å². The topological polar surface area (TPSA) is 61.8 Å². The molecule has 2 aromatic rings. The van der Waals surface area contributed by atoms with Crippen molar-refractivity contribution in [2.24, 2.45) is 4.99 Å². The standard InChI is InChI=1S/C22H25N3O2S/c1-14(2)16-7-11-18(12-8-16)24-22-25(4)21(27)19(28-22)13-20(26)23-17-9-5-15(3)6-10-17/h5-12,14,19H,13H2,1-4H3,(H,23,26)/t19-/m0/s1. The number of amides is 2. The molecule has 1 fully saturated rings. The van der Waals surface area contributed by atoms with Gasteiger partial charge in [-0.15, -0.1) is 0 Å². The van der Waals surface area contributed by atoms with Crippen LogP contribution in [0.15, 0.2) is 53.5 Å². The van der Waals surface area contributed by atoms with Crippen molar-refractivity contribution in [3.05, 3.63) is 59.7 Å². The summed E-state index contributed by atoms with van der Waals surface area (Å²) in [4.78, 5) is 31.0. The van der Waals surface area contributed by atoms with Gasteiger partial charge in [0.05, 0.1) is 5.69 Å². The van der Waals surface area contributed by atoms with Crippen LogP contribution in [0.5, 0.6) is 0 Å². The Kier molecular flexibility index (Phi) is 6.19. The van der Waals surface area contributed by atoms with Gasteiger partial charge in [-0.2, -0.15) is 0 Å². The van der Waals surface area contributed by atoms with E-state index in [2.05, 4.69) is 36.3 Å². The molecule has 5 nitrogen and oxygen atoms in total. The summed E-state index contributed by atoms with van der Waals surface area (Å²) in [5, 5.41) is 3.02. The molecule has 0 saturated carbocycles. The maximum Gasteiger partial charge on any atom is 0.242 e. The van der Waals surface area contributed by atoms with Gasteiger partial charge in [-0.3, -0.25) is 14.5 Å². The van der Waals surface area contributed by atoms with Crippen molar-refractivity contribution in [2.45, 2.75) is 38.4 Å². The maximum atomic E-state index is 12.5. The number of benzene rings is 2. The van der Waals surface area contributed by atoms with Crippen LogP contribution in [0, 0.1) is 6.92 Å². The van der Waals surface area contributed by atoms with Crippen LogP contribution in [0.2, 0.25) is 0 Å². The molecule has 2 aromatic carbocycles. The molecule has 1 saturated heterocycles.